The van der Waals surface area contributed by atoms with E-state index in [9.17, 15) is 4.79 Å². The summed E-state index contributed by atoms with van der Waals surface area (Å²) in [6, 6.07) is 5.69. The number of hydrogen-bond acceptors (Lipinski definition) is 7. The molecular formula is C20H23N5O2S. The molecule has 3 aromatic heterocycles. The molecule has 4 rings (SSSR count). The monoisotopic (exact) mass is 397 g/mol. The first-order valence-electron chi connectivity index (χ1n) is 9.29. The Hall–Kier alpha value is -2.61. The number of anilines is 1. The highest BCUT2D eigenvalue weighted by Gasteiger charge is 2.24. The molecule has 0 saturated carbocycles. The van der Waals surface area contributed by atoms with E-state index >= 15 is 0 Å². The van der Waals surface area contributed by atoms with Gasteiger partial charge >= 0.3 is 0 Å². The third kappa shape index (κ3) is 3.69. The van der Waals surface area contributed by atoms with Gasteiger partial charge in [0.1, 0.15) is 11.6 Å². The summed E-state index contributed by atoms with van der Waals surface area (Å²) in [4.78, 5) is 30.7. The second-order valence-electron chi connectivity index (χ2n) is 6.99. The van der Waals surface area contributed by atoms with Crippen molar-refractivity contribution in [3.05, 3.63) is 47.3 Å². The number of carbonyl (C=O) groups excluding carboxylic acids is 1. The molecule has 0 spiro atoms. The highest BCUT2D eigenvalue weighted by molar-refractivity contribution is 7.99. The number of thioether (sulfide) groups is 1. The van der Waals surface area contributed by atoms with E-state index in [1.54, 1.807) is 18.2 Å². The third-order valence-electron chi connectivity index (χ3n) is 4.79. The number of carbonyl (C=O) groups is 1. The fourth-order valence-corrected chi connectivity index (χ4v) is 4.34. The summed E-state index contributed by atoms with van der Waals surface area (Å²) in [6.45, 7) is 6.16. The number of fused-ring (bicyclic) bond motifs is 1. The molecule has 28 heavy (non-hydrogen) atoms. The second kappa shape index (κ2) is 7.79. The number of pyridine rings is 1. The van der Waals surface area contributed by atoms with Gasteiger partial charge in [0.2, 0.25) is 5.82 Å². The van der Waals surface area contributed by atoms with E-state index in [4.69, 9.17) is 9.40 Å². The van der Waals surface area contributed by atoms with Gasteiger partial charge in [-0.3, -0.25) is 4.79 Å². The molecule has 0 unspecified atom stereocenters. The zero-order valence-corrected chi connectivity index (χ0v) is 17.1. The number of amides is 1. The first kappa shape index (κ1) is 18.7. The summed E-state index contributed by atoms with van der Waals surface area (Å²) in [5.41, 5.74) is 2.54. The smallest absolute Gasteiger partial charge is 0.291 e. The molecule has 0 N–H and O–H groups in total. The standard InChI is InChI=1S/C20H23N5O2S/c1-13-11-14(2)21-17-16(13)19(25-6-9-28-10-7-25)23-18(22-17)20(26)24(3)12-15-5-4-8-27-15/h4-5,8,11H,6-7,9-10,12H2,1-3H3. The van der Waals surface area contributed by atoms with E-state index in [-0.39, 0.29) is 11.7 Å². The van der Waals surface area contributed by atoms with Gasteiger partial charge in [0, 0.05) is 37.3 Å². The Morgan fingerprint density at radius 1 is 1.25 bits per heavy atom. The average Bonchev–Trinajstić information content (AvgIpc) is 3.19. The maximum Gasteiger partial charge on any atom is 0.291 e. The van der Waals surface area contributed by atoms with Crippen LogP contribution in [0.2, 0.25) is 0 Å². The number of hydrogen-bond donors (Lipinski definition) is 0. The highest BCUT2D eigenvalue weighted by Crippen LogP contribution is 2.29. The summed E-state index contributed by atoms with van der Waals surface area (Å²) in [7, 11) is 1.73. The van der Waals surface area contributed by atoms with Crippen LogP contribution < -0.4 is 4.90 Å². The van der Waals surface area contributed by atoms with Gasteiger partial charge in [-0.1, -0.05) is 0 Å². The van der Waals surface area contributed by atoms with Crippen LogP contribution in [0.15, 0.2) is 28.9 Å². The minimum absolute atomic E-state index is 0.173. The number of nitrogens with zero attached hydrogens (tertiary/aromatic N) is 5. The topological polar surface area (TPSA) is 75.4 Å². The molecule has 0 aliphatic carbocycles. The van der Waals surface area contributed by atoms with E-state index < -0.39 is 0 Å². The van der Waals surface area contributed by atoms with E-state index in [1.165, 1.54) is 0 Å². The van der Waals surface area contributed by atoms with Crippen molar-refractivity contribution in [1.82, 2.24) is 19.9 Å². The summed E-state index contributed by atoms with van der Waals surface area (Å²) >= 11 is 1.94. The molecule has 0 bridgehead atoms. The number of rotatable bonds is 4. The van der Waals surface area contributed by atoms with Crippen molar-refractivity contribution < 1.29 is 9.21 Å². The Kier molecular flexibility index (Phi) is 5.21. The van der Waals surface area contributed by atoms with E-state index in [0.29, 0.717) is 12.2 Å². The lowest BCUT2D eigenvalue weighted by atomic mass is 10.1. The molecule has 1 amide bonds. The summed E-state index contributed by atoms with van der Waals surface area (Å²) < 4.78 is 5.35. The van der Waals surface area contributed by atoms with E-state index in [2.05, 4.69) is 14.9 Å². The number of furan rings is 1. The van der Waals surface area contributed by atoms with Crippen molar-refractivity contribution in [2.75, 3.05) is 36.5 Å². The molecule has 0 atom stereocenters. The van der Waals surface area contributed by atoms with Crippen LogP contribution in [0, 0.1) is 13.8 Å². The Morgan fingerprint density at radius 2 is 2.04 bits per heavy atom. The lowest BCUT2D eigenvalue weighted by Gasteiger charge is -2.29. The predicted molar refractivity (Wildman–Crippen MR) is 111 cm³/mol. The Bertz CT molecular complexity index is 999. The van der Waals surface area contributed by atoms with E-state index in [1.807, 2.05) is 43.8 Å². The molecule has 0 aromatic carbocycles. The average molecular weight is 398 g/mol. The first-order valence-corrected chi connectivity index (χ1v) is 10.4. The largest absolute Gasteiger partial charge is 0.467 e. The molecule has 3 aromatic rings. The van der Waals surface area contributed by atoms with Crippen molar-refractivity contribution in [2.45, 2.75) is 20.4 Å². The Balaban J connectivity index is 1.76. The van der Waals surface area contributed by atoms with Crippen molar-refractivity contribution in [3.8, 4) is 0 Å². The van der Waals surface area contributed by atoms with Gasteiger partial charge in [0.15, 0.2) is 5.65 Å². The summed E-state index contributed by atoms with van der Waals surface area (Å²) in [6.07, 6.45) is 1.60. The fraction of sp³-hybridized carbons (Fsp3) is 0.400. The molecule has 4 heterocycles. The summed E-state index contributed by atoms with van der Waals surface area (Å²) in [5, 5.41) is 0.933. The van der Waals surface area contributed by atoms with Gasteiger partial charge < -0.3 is 14.2 Å². The molecule has 8 heteroatoms. The zero-order valence-electron chi connectivity index (χ0n) is 16.3. The van der Waals surface area contributed by atoms with Crippen LogP contribution in [0.5, 0.6) is 0 Å². The van der Waals surface area contributed by atoms with Crippen LogP contribution in [-0.4, -0.2) is 57.4 Å². The molecule has 7 nitrogen and oxygen atoms in total. The lowest BCUT2D eigenvalue weighted by molar-refractivity contribution is 0.0763. The van der Waals surface area contributed by atoms with Crippen molar-refractivity contribution >= 4 is 34.5 Å². The number of aryl methyl sites for hydroxylation is 2. The quantitative estimate of drug-likeness (QED) is 0.670. The van der Waals surface area contributed by atoms with Gasteiger partial charge in [-0.2, -0.15) is 11.8 Å². The first-order chi connectivity index (χ1) is 13.5. The van der Waals surface area contributed by atoms with Crippen LogP contribution in [-0.2, 0) is 6.54 Å². The van der Waals surface area contributed by atoms with Gasteiger partial charge in [-0.25, -0.2) is 15.0 Å². The molecule has 1 aliphatic heterocycles. The SMILES string of the molecule is Cc1cc(C)c2c(N3CCSCC3)nc(C(=O)N(C)Cc3ccco3)nc2n1. The van der Waals surface area contributed by atoms with E-state index in [0.717, 1.165) is 52.8 Å². The van der Waals surface area contributed by atoms with Crippen molar-refractivity contribution in [3.63, 3.8) is 0 Å². The van der Waals surface area contributed by atoms with Crippen LogP contribution in [0.3, 0.4) is 0 Å². The fourth-order valence-electron chi connectivity index (χ4n) is 3.43. The molecule has 146 valence electrons. The normalized spacial score (nSPS) is 14.5. The molecular weight excluding hydrogens is 374 g/mol. The van der Waals surface area contributed by atoms with Crippen LogP contribution in [0.25, 0.3) is 11.0 Å². The van der Waals surface area contributed by atoms with Gasteiger partial charge in [0.05, 0.1) is 18.2 Å². The lowest BCUT2D eigenvalue weighted by Crippen LogP contribution is -2.35. The molecule has 1 saturated heterocycles. The molecule has 1 aliphatic rings. The Morgan fingerprint density at radius 3 is 2.75 bits per heavy atom. The van der Waals surface area contributed by atoms with Crippen LogP contribution >= 0.6 is 11.8 Å². The van der Waals surface area contributed by atoms with Gasteiger partial charge in [0.25, 0.3) is 5.91 Å². The minimum Gasteiger partial charge on any atom is -0.467 e. The number of aromatic nitrogens is 3. The highest BCUT2D eigenvalue weighted by atomic mass is 32.2. The van der Waals surface area contributed by atoms with Crippen LogP contribution in [0.4, 0.5) is 5.82 Å². The zero-order chi connectivity index (χ0) is 19.7. The molecule has 1 fully saturated rings. The van der Waals surface area contributed by atoms with Gasteiger partial charge in [-0.05, 0) is 37.6 Å². The maximum absolute atomic E-state index is 13.0. The minimum atomic E-state index is -0.244. The molecule has 0 radical (unpaired) electrons. The van der Waals surface area contributed by atoms with Crippen molar-refractivity contribution in [1.29, 1.82) is 0 Å². The second-order valence-corrected chi connectivity index (χ2v) is 8.21. The third-order valence-corrected chi connectivity index (χ3v) is 5.74. The maximum atomic E-state index is 13.0. The predicted octanol–water partition coefficient (Wildman–Crippen LogP) is 3.06. The summed E-state index contributed by atoms with van der Waals surface area (Å²) in [5.74, 6) is 3.55. The van der Waals surface area contributed by atoms with Crippen molar-refractivity contribution in [2.24, 2.45) is 0 Å². The Labute approximate surface area is 168 Å². The van der Waals surface area contributed by atoms with Gasteiger partial charge in [-0.15, -0.1) is 0 Å². The van der Waals surface area contributed by atoms with Crippen LogP contribution in [0.1, 0.15) is 27.6 Å².